The molecule has 0 spiro atoms. The first kappa shape index (κ1) is 8.19. The van der Waals surface area contributed by atoms with Gasteiger partial charge in [0.1, 0.15) is 11.5 Å². The van der Waals surface area contributed by atoms with E-state index in [1.807, 2.05) is 0 Å². The van der Waals surface area contributed by atoms with Gasteiger partial charge in [-0.25, -0.2) is 8.81 Å². The molecule has 0 fully saturated rings. The van der Waals surface area contributed by atoms with Crippen LogP contribution in [0.4, 0.5) is 10.1 Å². The number of rotatable bonds is 0. The third-order valence-electron chi connectivity index (χ3n) is 1.80. The molecule has 0 aliphatic carbocycles. The first-order valence-electron chi connectivity index (χ1n) is 3.46. The summed E-state index contributed by atoms with van der Waals surface area (Å²) in [7, 11) is 0. The molecule has 66 valence electrons. The Kier molecular flexibility index (Phi) is 1.60. The summed E-state index contributed by atoms with van der Waals surface area (Å²) in [6.07, 6.45) is 0. The van der Waals surface area contributed by atoms with Gasteiger partial charge in [0.2, 0.25) is 0 Å². The number of para-hydroxylation sites is 1. The van der Waals surface area contributed by atoms with Crippen molar-refractivity contribution in [2.75, 3.05) is 4.42 Å². The van der Waals surface area contributed by atoms with Crippen molar-refractivity contribution in [1.82, 2.24) is 0 Å². The predicted molar refractivity (Wildman–Crippen MR) is 44.1 cm³/mol. The van der Waals surface area contributed by atoms with Crippen LogP contribution in [0.15, 0.2) is 18.2 Å². The number of hydrogen-bond acceptors (Lipinski definition) is 2. The Bertz CT molecular complexity index is 419. The lowest BCUT2D eigenvalue weighted by Gasteiger charge is -2.04. The summed E-state index contributed by atoms with van der Waals surface area (Å²) < 4.78 is 13.6. The van der Waals surface area contributed by atoms with Crippen molar-refractivity contribution >= 4 is 29.2 Å². The molecule has 3 nitrogen and oxygen atoms in total. The van der Waals surface area contributed by atoms with E-state index in [0.29, 0.717) is 4.42 Å². The fraction of sp³-hybridized carbons (Fsp3) is 0. The van der Waals surface area contributed by atoms with Crippen LogP contribution in [-0.4, -0.2) is 11.7 Å². The molecule has 1 amide bonds. The minimum Gasteiger partial charge on any atom is -0.283 e. The largest absolute Gasteiger partial charge is 0.314 e. The Hall–Kier alpha value is -1.42. The standard InChI is InChI=1S/C8H3ClFNO2/c9-11-6-4(7(12)8(11)13)2-1-3-5(6)10/h1-3H. The van der Waals surface area contributed by atoms with Gasteiger partial charge in [-0.1, -0.05) is 6.07 Å². The predicted octanol–water partition coefficient (Wildman–Crippen LogP) is 1.51. The van der Waals surface area contributed by atoms with E-state index in [-0.39, 0.29) is 11.3 Å². The SMILES string of the molecule is O=C1C(=O)N(Cl)c2c(F)cccc21. The molecule has 1 aromatic rings. The van der Waals surface area contributed by atoms with Crippen molar-refractivity contribution in [3.05, 3.63) is 29.6 Å². The van der Waals surface area contributed by atoms with Gasteiger partial charge in [-0.3, -0.25) is 9.59 Å². The fourth-order valence-electron chi connectivity index (χ4n) is 1.20. The number of halogens is 2. The number of fused-ring (bicyclic) bond motifs is 1. The summed E-state index contributed by atoms with van der Waals surface area (Å²) in [5.74, 6) is -2.36. The molecule has 0 aromatic heterocycles. The lowest BCUT2D eigenvalue weighted by atomic mass is 10.1. The van der Waals surface area contributed by atoms with Crippen LogP contribution < -0.4 is 4.42 Å². The third kappa shape index (κ3) is 0.954. The minimum absolute atomic E-state index is 0.0139. The van der Waals surface area contributed by atoms with Crippen molar-refractivity contribution in [2.24, 2.45) is 0 Å². The van der Waals surface area contributed by atoms with E-state index in [0.717, 1.165) is 6.07 Å². The van der Waals surface area contributed by atoms with Gasteiger partial charge in [0, 0.05) is 11.8 Å². The van der Waals surface area contributed by atoms with Gasteiger partial charge in [0.25, 0.3) is 5.78 Å². The smallest absolute Gasteiger partial charge is 0.283 e. The number of Topliss-reactive ketones (excluding diaryl/α,β-unsaturated/α-hetero) is 1. The lowest BCUT2D eigenvalue weighted by molar-refractivity contribution is -0.113. The number of hydrogen-bond donors (Lipinski definition) is 0. The molecule has 1 aliphatic rings. The van der Waals surface area contributed by atoms with E-state index in [2.05, 4.69) is 0 Å². The summed E-state index contributed by atoms with van der Waals surface area (Å²) in [6.45, 7) is 0. The molecule has 0 saturated heterocycles. The van der Waals surface area contributed by atoms with Crippen molar-refractivity contribution in [1.29, 1.82) is 0 Å². The summed E-state index contributed by atoms with van der Waals surface area (Å²) in [5.41, 5.74) is -0.140. The zero-order valence-corrected chi connectivity index (χ0v) is 7.01. The van der Waals surface area contributed by atoms with Crippen molar-refractivity contribution in [2.45, 2.75) is 0 Å². The normalized spacial score (nSPS) is 15.1. The van der Waals surface area contributed by atoms with Crippen LogP contribution in [0.2, 0.25) is 0 Å². The summed E-state index contributed by atoms with van der Waals surface area (Å²) >= 11 is 5.42. The first-order chi connectivity index (χ1) is 6.13. The van der Waals surface area contributed by atoms with Crippen LogP contribution in [0.3, 0.4) is 0 Å². The number of amides is 1. The molecule has 1 heterocycles. The Morgan fingerprint density at radius 3 is 2.62 bits per heavy atom. The highest BCUT2D eigenvalue weighted by molar-refractivity contribution is 6.61. The number of carbonyl (C=O) groups excluding carboxylic acids is 2. The quantitative estimate of drug-likeness (QED) is 0.469. The van der Waals surface area contributed by atoms with Crippen molar-refractivity contribution in [3.8, 4) is 0 Å². The van der Waals surface area contributed by atoms with E-state index < -0.39 is 17.5 Å². The highest BCUT2D eigenvalue weighted by Crippen LogP contribution is 2.32. The van der Waals surface area contributed by atoms with E-state index in [1.54, 1.807) is 0 Å². The van der Waals surface area contributed by atoms with Gasteiger partial charge in [0.05, 0.1) is 5.56 Å². The van der Waals surface area contributed by atoms with Gasteiger partial charge in [0.15, 0.2) is 0 Å². The molecule has 5 heteroatoms. The van der Waals surface area contributed by atoms with Gasteiger partial charge >= 0.3 is 5.91 Å². The molecule has 0 saturated carbocycles. The van der Waals surface area contributed by atoms with Gasteiger partial charge in [-0.05, 0) is 12.1 Å². The summed E-state index contributed by atoms with van der Waals surface area (Å²) in [6, 6.07) is 3.86. The highest BCUT2D eigenvalue weighted by Gasteiger charge is 2.37. The van der Waals surface area contributed by atoms with Gasteiger partial charge in [-0.2, -0.15) is 0 Å². The number of anilines is 1. The second kappa shape index (κ2) is 2.53. The molecule has 0 radical (unpaired) electrons. The molecule has 0 unspecified atom stereocenters. The molecule has 0 N–H and O–H groups in total. The van der Waals surface area contributed by atoms with Crippen LogP contribution in [0.5, 0.6) is 0 Å². The zero-order valence-electron chi connectivity index (χ0n) is 6.25. The average molecular weight is 200 g/mol. The number of ketones is 1. The van der Waals surface area contributed by atoms with E-state index in [1.165, 1.54) is 12.1 Å². The van der Waals surface area contributed by atoms with Crippen LogP contribution in [-0.2, 0) is 4.79 Å². The summed E-state index contributed by atoms with van der Waals surface area (Å²) in [4.78, 5) is 22.1. The average Bonchev–Trinajstić information content (AvgIpc) is 2.33. The van der Waals surface area contributed by atoms with E-state index in [9.17, 15) is 14.0 Å². The van der Waals surface area contributed by atoms with E-state index >= 15 is 0 Å². The molecular weight excluding hydrogens is 197 g/mol. The second-order valence-electron chi connectivity index (χ2n) is 2.55. The van der Waals surface area contributed by atoms with Crippen LogP contribution in [0.1, 0.15) is 10.4 Å². The molecule has 0 bridgehead atoms. The topological polar surface area (TPSA) is 37.4 Å². The Morgan fingerprint density at radius 2 is 2.00 bits per heavy atom. The lowest BCUT2D eigenvalue weighted by Crippen LogP contribution is -2.20. The number of benzene rings is 1. The Morgan fingerprint density at radius 1 is 1.31 bits per heavy atom. The van der Waals surface area contributed by atoms with Crippen molar-refractivity contribution < 1.29 is 14.0 Å². The zero-order chi connectivity index (χ0) is 9.59. The van der Waals surface area contributed by atoms with E-state index in [4.69, 9.17) is 11.8 Å². The molecule has 1 aliphatic heterocycles. The van der Waals surface area contributed by atoms with Gasteiger partial charge in [-0.15, -0.1) is 0 Å². The molecule has 0 atom stereocenters. The molecule has 1 aromatic carbocycles. The maximum absolute atomic E-state index is 13.1. The Labute approximate surface area is 77.8 Å². The third-order valence-corrected chi connectivity index (χ3v) is 2.12. The van der Waals surface area contributed by atoms with Crippen molar-refractivity contribution in [3.63, 3.8) is 0 Å². The molecule has 13 heavy (non-hydrogen) atoms. The van der Waals surface area contributed by atoms with Crippen LogP contribution in [0, 0.1) is 5.82 Å². The van der Waals surface area contributed by atoms with Gasteiger partial charge < -0.3 is 0 Å². The maximum atomic E-state index is 13.1. The Balaban J connectivity index is 2.73. The summed E-state index contributed by atoms with van der Waals surface area (Å²) in [5, 5.41) is 0. The highest BCUT2D eigenvalue weighted by atomic mass is 35.5. The fourth-order valence-corrected chi connectivity index (χ4v) is 1.45. The first-order valence-corrected chi connectivity index (χ1v) is 3.80. The monoisotopic (exact) mass is 199 g/mol. The van der Waals surface area contributed by atoms with Crippen LogP contribution >= 0.6 is 11.8 Å². The van der Waals surface area contributed by atoms with Crippen LogP contribution in [0.25, 0.3) is 0 Å². The minimum atomic E-state index is -0.915. The number of carbonyl (C=O) groups is 2. The second-order valence-corrected chi connectivity index (χ2v) is 2.89. The molecular formula is C8H3ClFNO2. The maximum Gasteiger partial charge on any atom is 0.314 e. The molecule has 2 rings (SSSR count). The number of nitrogens with zero attached hydrogens (tertiary/aromatic N) is 1.